The summed E-state index contributed by atoms with van der Waals surface area (Å²) in [5.74, 6) is 0.852. The van der Waals surface area contributed by atoms with Crippen LogP contribution in [-0.2, 0) is 23.9 Å². The Hall–Kier alpha value is -2.00. The minimum absolute atomic E-state index is 0.108. The summed E-state index contributed by atoms with van der Waals surface area (Å²) >= 11 is 0. The molecule has 0 atom stereocenters. The molecule has 0 aliphatic heterocycles. The number of rotatable bonds is 13. The molecule has 0 aliphatic rings. The van der Waals surface area contributed by atoms with Crippen LogP contribution in [0.2, 0.25) is 0 Å². The highest BCUT2D eigenvalue weighted by atomic mass is 16.3. The zero-order valence-electron chi connectivity index (χ0n) is 25.4. The lowest BCUT2D eigenvalue weighted by atomic mass is 9.84. The van der Waals surface area contributed by atoms with E-state index < -0.39 is 0 Å². The molecule has 2 rings (SSSR count). The van der Waals surface area contributed by atoms with Gasteiger partial charge in [-0.1, -0.05) is 118 Å². The second kappa shape index (κ2) is 13.7. The topological polar surface area (TPSA) is 43.7 Å². The van der Waals surface area contributed by atoms with E-state index in [1.54, 1.807) is 0 Å². The van der Waals surface area contributed by atoms with Crippen molar-refractivity contribution in [3.8, 4) is 11.5 Å². The number of nitrogens with zero attached hydrogens (tertiary/aromatic N) is 1. The van der Waals surface area contributed by atoms with Crippen molar-refractivity contribution in [1.82, 2.24) is 4.90 Å². The third-order valence-electron chi connectivity index (χ3n) is 7.48. The monoisotopic (exact) mass is 509 g/mol. The van der Waals surface area contributed by atoms with E-state index in [0.29, 0.717) is 11.5 Å². The van der Waals surface area contributed by atoms with Crippen molar-refractivity contribution < 1.29 is 10.2 Å². The summed E-state index contributed by atoms with van der Waals surface area (Å²) < 4.78 is 0. The van der Waals surface area contributed by atoms with Gasteiger partial charge in [-0.3, -0.25) is 4.90 Å². The number of hydrogen-bond acceptors (Lipinski definition) is 3. The number of phenolic OH excluding ortho intramolecular Hbond substituents is 2. The average Bonchev–Trinajstić information content (AvgIpc) is 2.78. The minimum atomic E-state index is -0.108. The Morgan fingerprint density at radius 1 is 0.595 bits per heavy atom. The molecular formula is C34H55NO2. The molecule has 37 heavy (non-hydrogen) atoms. The quantitative estimate of drug-likeness (QED) is 0.264. The fraction of sp³-hybridized carbons (Fsp3) is 0.647. The Bertz CT molecular complexity index is 923. The molecule has 2 aromatic carbocycles. The number of phenols is 2. The van der Waals surface area contributed by atoms with E-state index >= 15 is 0 Å². The fourth-order valence-corrected chi connectivity index (χ4v) is 5.23. The van der Waals surface area contributed by atoms with Gasteiger partial charge in [-0.15, -0.1) is 0 Å². The highest BCUT2D eigenvalue weighted by Crippen LogP contribution is 2.36. The summed E-state index contributed by atoms with van der Waals surface area (Å²) in [6, 6.07) is 8.69. The van der Waals surface area contributed by atoms with Gasteiger partial charge in [0.15, 0.2) is 0 Å². The van der Waals surface area contributed by atoms with Crippen molar-refractivity contribution in [1.29, 1.82) is 0 Å². The predicted octanol–water partition coefficient (Wildman–Crippen LogP) is 9.45. The first-order chi connectivity index (χ1) is 17.2. The maximum absolute atomic E-state index is 10.7. The maximum atomic E-state index is 10.7. The smallest absolute Gasteiger partial charge is 0.122 e. The van der Waals surface area contributed by atoms with E-state index in [1.807, 2.05) is 13.8 Å². The zero-order chi connectivity index (χ0) is 27.8. The highest BCUT2D eigenvalue weighted by Gasteiger charge is 2.23. The molecule has 0 aromatic heterocycles. The first kappa shape index (κ1) is 31.2. The highest BCUT2D eigenvalue weighted by molar-refractivity contribution is 5.47. The van der Waals surface area contributed by atoms with E-state index in [9.17, 15) is 10.2 Å². The van der Waals surface area contributed by atoms with Gasteiger partial charge in [0.05, 0.1) is 0 Å². The van der Waals surface area contributed by atoms with Gasteiger partial charge in [0.2, 0.25) is 0 Å². The van der Waals surface area contributed by atoms with Gasteiger partial charge in [0, 0.05) is 13.1 Å². The average molecular weight is 510 g/mol. The Labute approximate surface area is 228 Å². The number of unbranched alkanes of at least 4 members (excludes halogenated alkanes) is 7. The fourth-order valence-electron chi connectivity index (χ4n) is 5.23. The van der Waals surface area contributed by atoms with Crippen LogP contribution in [0.1, 0.15) is 133 Å². The van der Waals surface area contributed by atoms with Crippen LogP contribution >= 0.6 is 0 Å². The van der Waals surface area contributed by atoms with Crippen molar-refractivity contribution >= 4 is 0 Å². The first-order valence-electron chi connectivity index (χ1n) is 14.6. The van der Waals surface area contributed by atoms with Crippen molar-refractivity contribution in [3.63, 3.8) is 0 Å². The molecule has 3 nitrogen and oxygen atoms in total. The van der Waals surface area contributed by atoms with Gasteiger partial charge in [-0.05, 0) is 71.0 Å². The van der Waals surface area contributed by atoms with Crippen LogP contribution in [0.25, 0.3) is 0 Å². The molecule has 3 heteroatoms. The summed E-state index contributed by atoms with van der Waals surface area (Å²) in [6.07, 6.45) is 10.5. The molecule has 0 saturated carbocycles. The van der Waals surface area contributed by atoms with Crippen LogP contribution in [0.5, 0.6) is 11.5 Å². The van der Waals surface area contributed by atoms with Gasteiger partial charge < -0.3 is 10.2 Å². The van der Waals surface area contributed by atoms with Crippen molar-refractivity contribution in [3.05, 3.63) is 57.6 Å². The van der Waals surface area contributed by atoms with Crippen molar-refractivity contribution in [2.45, 2.75) is 138 Å². The van der Waals surface area contributed by atoms with Crippen LogP contribution in [0.15, 0.2) is 24.3 Å². The molecule has 0 amide bonds. The molecule has 0 bridgehead atoms. The molecule has 0 heterocycles. The normalized spacial score (nSPS) is 12.5. The summed E-state index contributed by atoms with van der Waals surface area (Å²) in [5.41, 5.74) is 6.23. The van der Waals surface area contributed by atoms with Crippen LogP contribution < -0.4 is 0 Å². The third-order valence-corrected chi connectivity index (χ3v) is 7.48. The summed E-state index contributed by atoms with van der Waals surface area (Å²) in [6.45, 7) is 22.0. The minimum Gasteiger partial charge on any atom is -0.507 e. The molecule has 0 aliphatic carbocycles. The van der Waals surface area contributed by atoms with Crippen molar-refractivity contribution in [2.24, 2.45) is 0 Å². The standard InChI is InChI=1S/C34H55NO2/c1-10-11-12-13-14-15-16-17-18-35(23-27-19-25(2)31(36)29(21-27)33(4,5)6)24-28-20-26(3)32(37)30(22-28)34(7,8)9/h19-22,36-37H,10-18,23-24H2,1-9H3. The number of aryl methyl sites for hydroxylation is 2. The Balaban J connectivity index is 2.24. The van der Waals surface area contributed by atoms with Crippen molar-refractivity contribution in [2.75, 3.05) is 6.54 Å². The van der Waals surface area contributed by atoms with Gasteiger partial charge in [0.1, 0.15) is 11.5 Å². The number of aromatic hydroxyl groups is 2. The van der Waals surface area contributed by atoms with E-state index in [0.717, 1.165) is 41.9 Å². The Morgan fingerprint density at radius 3 is 1.35 bits per heavy atom. The maximum Gasteiger partial charge on any atom is 0.122 e. The molecule has 0 fully saturated rings. The van der Waals surface area contributed by atoms with Gasteiger partial charge in [-0.25, -0.2) is 0 Å². The predicted molar refractivity (Wildman–Crippen MR) is 160 cm³/mol. The molecule has 0 unspecified atom stereocenters. The lowest BCUT2D eigenvalue weighted by Gasteiger charge is -2.27. The number of hydrogen-bond donors (Lipinski definition) is 2. The van der Waals surface area contributed by atoms with Crippen LogP contribution in [0, 0.1) is 13.8 Å². The molecule has 2 N–H and O–H groups in total. The van der Waals surface area contributed by atoms with E-state index in [4.69, 9.17) is 0 Å². The molecule has 208 valence electrons. The van der Waals surface area contributed by atoms with E-state index in [1.165, 1.54) is 62.5 Å². The zero-order valence-corrected chi connectivity index (χ0v) is 25.4. The second-order valence-electron chi connectivity index (χ2n) is 13.3. The van der Waals surface area contributed by atoms with E-state index in [-0.39, 0.29) is 10.8 Å². The lowest BCUT2D eigenvalue weighted by molar-refractivity contribution is 0.249. The van der Waals surface area contributed by atoms with Crippen LogP contribution in [-0.4, -0.2) is 21.7 Å². The van der Waals surface area contributed by atoms with Gasteiger partial charge in [-0.2, -0.15) is 0 Å². The molecule has 2 aromatic rings. The molecular weight excluding hydrogens is 454 g/mol. The largest absolute Gasteiger partial charge is 0.507 e. The Morgan fingerprint density at radius 2 is 0.973 bits per heavy atom. The third kappa shape index (κ3) is 9.67. The Kier molecular flexibility index (Phi) is 11.6. The molecule has 0 saturated heterocycles. The van der Waals surface area contributed by atoms with Crippen LogP contribution in [0.4, 0.5) is 0 Å². The lowest BCUT2D eigenvalue weighted by Crippen LogP contribution is -2.25. The summed E-state index contributed by atoms with van der Waals surface area (Å²) in [7, 11) is 0. The first-order valence-corrected chi connectivity index (χ1v) is 14.6. The summed E-state index contributed by atoms with van der Waals surface area (Å²) in [5, 5.41) is 21.5. The molecule has 0 radical (unpaired) electrons. The second-order valence-corrected chi connectivity index (χ2v) is 13.3. The molecule has 0 spiro atoms. The number of benzene rings is 2. The van der Waals surface area contributed by atoms with E-state index in [2.05, 4.69) is 77.6 Å². The SMILES string of the molecule is CCCCCCCCCCN(Cc1cc(C)c(O)c(C(C)(C)C)c1)Cc1cc(C)c(O)c(C(C)(C)C)c1. The van der Waals surface area contributed by atoms with Gasteiger partial charge >= 0.3 is 0 Å². The van der Waals surface area contributed by atoms with Gasteiger partial charge in [0.25, 0.3) is 0 Å². The van der Waals surface area contributed by atoms with Crippen LogP contribution in [0.3, 0.4) is 0 Å². The summed E-state index contributed by atoms with van der Waals surface area (Å²) in [4.78, 5) is 2.55.